The van der Waals surface area contributed by atoms with Gasteiger partial charge in [-0.2, -0.15) is 0 Å². The molecule has 0 saturated heterocycles. The third-order valence-corrected chi connectivity index (χ3v) is 4.10. The van der Waals surface area contributed by atoms with Gasteiger partial charge in [-0.3, -0.25) is 9.59 Å². The molecule has 1 fully saturated rings. The number of hydrogen-bond donors (Lipinski definition) is 1. The molecule has 1 aromatic carbocycles. The van der Waals surface area contributed by atoms with Crippen LogP contribution in [0, 0.1) is 5.92 Å². The quantitative estimate of drug-likeness (QED) is 0.839. The third kappa shape index (κ3) is 4.31. The average Bonchev–Trinajstić information content (AvgIpc) is 3.18. The molecule has 0 unspecified atom stereocenters. The molecule has 114 valence electrons. The Morgan fingerprint density at radius 1 is 1.29 bits per heavy atom. The smallest absolute Gasteiger partial charge is 0.305 e. The summed E-state index contributed by atoms with van der Waals surface area (Å²) in [6.45, 7) is 4.16. The first-order chi connectivity index (χ1) is 9.99. The summed E-state index contributed by atoms with van der Waals surface area (Å²) in [6, 6.07) is 10.3. The van der Waals surface area contributed by atoms with E-state index in [9.17, 15) is 9.59 Å². The third-order valence-electron chi connectivity index (χ3n) is 4.10. The van der Waals surface area contributed by atoms with Crippen molar-refractivity contribution in [2.45, 2.75) is 45.1 Å². The first-order valence-electron chi connectivity index (χ1n) is 7.55. The first kappa shape index (κ1) is 15.5. The molecule has 1 N–H and O–H groups in total. The van der Waals surface area contributed by atoms with Gasteiger partial charge in [-0.15, -0.1) is 0 Å². The molecule has 0 aliphatic heterocycles. The summed E-state index contributed by atoms with van der Waals surface area (Å²) >= 11 is 0. The van der Waals surface area contributed by atoms with Gasteiger partial charge in [0.1, 0.15) is 0 Å². The highest BCUT2D eigenvalue weighted by molar-refractivity contribution is 5.78. The normalized spacial score (nSPS) is 20.3. The van der Waals surface area contributed by atoms with Crippen LogP contribution in [-0.2, 0) is 9.59 Å². The van der Waals surface area contributed by atoms with Crippen molar-refractivity contribution in [2.75, 3.05) is 6.54 Å². The molecule has 0 spiro atoms. The highest BCUT2D eigenvalue weighted by Crippen LogP contribution is 2.49. The second kappa shape index (κ2) is 6.74. The molecule has 0 heterocycles. The van der Waals surface area contributed by atoms with Crippen LogP contribution in [0.15, 0.2) is 30.3 Å². The molecular formula is C17H23NO3. The van der Waals surface area contributed by atoms with E-state index in [1.165, 1.54) is 5.56 Å². The fourth-order valence-electron chi connectivity index (χ4n) is 2.81. The number of carbonyl (C=O) groups is 2. The van der Waals surface area contributed by atoms with Crippen molar-refractivity contribution in [1.29, 1.82) is 0 Å². The van der Waals surface area contributed by atoms with Crippen molar-refractivity contribution in [3.05, 3.63) is 35.9 Å². The predicted octanol–water partition coefficient (Wildman–Crippen LogP) is 2.89. The minimum absolute atomic E-state index is 0.0106. The molecule has 2 rings (SSSR count). The van der Waals surface area contributed by atoms with Crippen LogP contribution < -0.4 is 0 Å². The van der Waals surface area contributed by atoms with Gasteiger partial charge in [-0.1, -0.05) is 30.3 Å². The Morgan fingerprint density at radius 3 is 2.52 bits per heavy atom. The van der Waals surface area contributed by atoms with Gasteiger partial charge in [0.15, 0.2) is 0 Å². The summed E-state index contributed by atoms with van der Waals surface area (Å²) < 4.78 is 0. The zero-order chi connectivity index (χ0) is 15.4. The molecule has 4 nitrogen and oxygen atoms in total. The van der Waals surface area contributed by atoms with Crippen LogP contribution in [0.5, 0.6) is 0 Å². The van der Waals surface area contributed by atoms with E-state index in [1.807, 2.05) is 32.0 Å². The highest BCUT2D eigenvalue weighted by Gasteiger charge is 2.40. The Morgan fingerprint density at radius 2 is 1.95 bits per heavy atom. The van der Waals surface area contributed by atoms with Crippen molar-refractivity contribution in [3.8, 4) is 0 Å². The van der Waals surface area contributed by atoms with Crippen molar-refractivity contribution in [3.63, 3.8) is 0 Å². The van der Waals surface area contributed by atoms with Gasteiger partial charge in [0.2, 0.25) is 5.91 Å². The van der Waals surface area contributed by atoms with Gasteiger partial charge < -0.3 is 10.0 Å². The lowest BCUT2D eigenvalue weighted by Crippen LogP contribution is -2.38. The second-order valence-electron chi connectivity index (χ2n) is 6.04. The number of amides is 1. The van der Waals surface area contributed by atoms with Crippen LogP contribution in [0.4, 0.5) is 0 Å². The zero-order valence-corrected chi connectivity index (χ0v) is 12.7. The Labute approximate surface area is 125 Å². The molecule has 1 amide bonds. The van der Waals surface area contributed by atoms with Crippen LogP contribution in [0.1, 0.15) is 44.6 Å². The van der Waals surface area contributed by atoms with Crippen molar-refractivity contribution < 1.29 is 14.7 Å². The Kier molecular flexibility index (Phi) is 4.99. The molecule has 0 aromatic heterocycles. The Bertz CT molecular complexity index is 498. The van der Waals surface area contributed by atoms with Gasteiger partial charge >= 0.3 is 5.97 Å². The molecule has 21 heavy (non-hydrogen) atoms. The van der Waals surface area contributed by atoms with Crippen molar-refractivity contribution >= 4 is 11.9 Å². The molecule has 2 atom stereocenters. The molecule has 1 aliphatic rings. The van der Waals surface area contributed by atoms with Gasteiger partial charge in [0.25, 0.3) is 0 Å². The molecule has 1 aromatic rings. The Hall–Kier alpha value is -1.84. The van der Waals surface area contributed by atoms with E-state index in [0.29, 0.717) is 24.8 Å². The lowest BCUT2D eigenvalue weighted by Gasteiger charge is -2.26. The van der Waals surface area contributed by atoms with E-state index >= 15 is 0 Å². The maximum absolute atomic E-state index is 12.4. The van der Waals surface area contributed by atoms with Gasteiger partial charge in [0.05, 0.1) is 6.42 Å². The summed E-state index contributed by atoms with van der Waals surface area (Å²) in [7, 11) is 0. The molecule has 1 saturated carbocycles. The molecule has 0 bridgehead atoms. The number of rotatable bonds is 7. The van der Waals surface area contributed by atoms with E-state index < -0.39 is 5.97 Å². The zero-order valence-electron chi connectivity index (χ0n) is 12.7. The predicted molar refractivity (Wildman–Crippen MR) is 81.0 cm³/mol. The molecular weight excluding hydrogens is 266 g/mol. The molecule has 1 aliphatic carbocycles. The molecule has 4 heteroatoms. The average molecular weight is 289 g/mol. The van der Waals surface area contributed by atoms with Crippen LogP contribution in [0.3, 0.4) is 0 Å². The number of carboxylic acid groups (broad SMARTS) is 1. The summed E-state index contributed by atoms with van der Waals surface area (Å²) in [5.41, 5.74) is 1.30. The van der Waals surface area contributed by atoms with Gasteiger partial charge in [0, 0.05) is 19.0 Å². The monoisotopic (exact) mass is 289 g/mol. The maximum atomic E-state index is 12.4. The second-order valence-corrected chi connectivity index (χ2v) is 6.04. The summed E-state index contributed by atoms with van der Waals surface area (Å²) in [5, 5.41) is 8.77. The number of benzene rings is 1. The van der Waals surface area contributed by atoms with Crippen LogP contribution in [-0.4, -0.2) is 34.5 Å². The number of carbonyl (C=O) groups excluding carboxylic acids is 1. The van der Waals surface area contributed by atoms with E-state index in [4.69, 9.17) is 5.11 Å². The van der Waals surface area contributed by atoms with Gasteiger partial charge in [-0.05, 0) is 37.7 Å². The van der Waals surface area contributed by atoms with E-state index in [0.717, 1.165) is 6.42 Å². The maximum Gasteiger partial charge on any atom is 0.305 e. The Balaban J connectivity index is 1.87. The first-order valence-corrected chi connectivity index (χ1v) is 7.55. The summed E-state index contributed by atoms with van der Waals surface area (Å²) in [4.78, 5) is 24.7. The fourth-order valence-corrected chi connectivity index (χ4v) is 2.81. The molecule has 0 radical (unpaired) electrons. The lowest BCUT2D eigenvalue weighted by molar-refractivity contribution is -0.139. The highest BCUT2D eigenvalue weighted by atomic mass is 16.4. The van der Waals surface area contributed by atoms with Crippen molar-refractivity contribution in [2.24, 2.45) is 5.92 Å². The summed E-state index contributed by atoms with van der Waals surface area (Å²) in [5.74, 6) is 0.117. The van der Waals surface area contributed by atoms with E-state index in [1.54, 1.807) is 4.90 Å². The van der Waals surface area contributed by atoms with Crippen molar-refractivity contribution in [1.82, 2.24) is 4.90 Å². The number of nitrogens with zero attached hydrogens (tertiary/aromatic N) is 1. The fraction of sp³-hybridized carbons (Fsp3) is 0.529. The topological polar surface area (TPSA) is 57.6 Å². The summed E-state index contributed by atoms with van der Waals surface area (Å²) in [6.07, 6.45) is 1.59. The minimum Gasteiger partial charge on any atom is -0.481 e. The van der Waals surface area contributed by atoms with Crippen LogP contribution in [0.2, 0.25) is 0 Å². The minimum atomic E-state index is -0.859. The SMILES string of the molecule is CC(C)N(CCC(=O)O)C(=O)C[C@@H]1C[C@H]1c1ccccc1. The van der Waals surface area contributed by atoms with Crippen LogP contribution >= 0.6 is 0 Å². The van der Waals surface area contributed by atoms with E-state index in [-0.39, 0.29) is 18.4 Å². The standard InChI is InChI=1S/C17H23NO3/c1-12(2)18(9-8-17(20)21)16(19)11-14-10-15(14)13-6-4-3-5-7-13/h3-7,12,14-15H,8-11H2,1-2H3,(H,20,21)/t14-,15-/m0/s1. The largest absolute Gasteiger partial charge is 0.481 e. The number of carboxylic acids is 1. The lowest BCUT2D eigenvalue weighted by atomic mass is 10.1. The van der Waals surface area contributed by atoms with Gasteiger partial charge in [-0.25, -0.2) is 0 Å². The van der Waals surface area contributed by atoms with E-state index in [2.05, 4.69) is 12.1 Å². The number of hydrogen-bond acceptors (Lipinski definition) is 2. The number of aliphatic carboxylic acids is 1. The van der Waals surface area contributed by atoms with Crippen LogP contribution in [0.25, 0.3) is 0 Å².